The van der Waals surface area contributed by atoms with Gasteiger partial charge >= 0.3 is 0 Å². The standard InChI is InChI=1S/C16H15IO3.C7H14O4/c1-11-8-13(9-14(19-2)15(11)16(17)18)20-10-12-6-4-3-5-7-12;1-10-7-3-5(9)2-6(4-8)11-7/h3-9H,10H2,1-2H3;5-9H,2-4H2,1H3. The van der Waals surface area contributed by atoms with Crippen LogP contribution >= 0.6 is 22.6 Å². The summed E-state index contributed by atoms with van der Waals surface area (Å²) in [7, 11) is 3.08. The third kappa shape index (κ3) is 8.04. The second kappa shape index (κ2) is 13.0. The molecule has 1 heterocycles. The molecule has 0 aliphatic carbocycles. The number of methoxy groups -OCH3 is 2. The van der Waals surface area contributed by atoms with E-state index in [1.54, 1.807) is 35.8 Å². The van der Waals surface area contributed by atoms with Gasteiger partial charge in [0, 0.05) is 48.6 Å². The smallest absolute Gasteiger partial charge is 0.226 e. The Hall–Kier alpha value is -1.72. The summed E-state index contributed by atoms with van der Waals surface area (Å²) in [4.78, 5) is 11.6. The number of carbonyl (C=O) groups is 1. The van der Waals surface area contributed by atoms with Gasteiger partial charge in [-0.3, -0.25) is 4.79 Å². The molecule has 2 aromatic rings. The van der Waals surface area contributed by atoms with Crippen molar-refractivity contribution in [2.75, 3.05) is 20.8 Å². The van der Waals surface area contributed by atoms with E-state index in [4.69, 9.17) is 24.1 Å². The Bertz CT molecular complexity index is 816. The van der Waals surface area contributed by atoms with Crippen LogP contribution in [0.1, 0.15) is 34.3 Å². The van der Waals surface area contributed by atoms with Crippen molar-refractivity contribution in [3.63, 3.8) is 0 Å². The summed E-state index contributed by atoms with van der Waals surface area (Å²) in [5.74, 6) is 1.25. The predicted molar refractivity (Wildman–Crippen MR) is 125 cm³/mol. The molecule has 3 rings (SSSR count). The van der Waals surface area contributed by atoms with E-state index in [1.807, 2.05) is 43.3 Å². The highest BCUT2D eigenvalue weighted by Gasteiger charge is 2.27. The van der Waals surface area contributed by atoms with Crippen molar-refractivity contribution in [3.05, 3.63) is 59.2 Å². The van der Waals surface area contributed by atoms with Crippen molar-refractivity contribution in [2.24, 2.45) is 0 Å². The Morgan fingerprint density at radius 3 is 2.48 bits per heavy atom. The lowest BCUT2D eigenvalue weighted by atomic mass is 10.1. The topological polar surface area (TPSA) is 94.5 Å². The minimum atomic E-state index is -0.411. The van der Waals surface area contributed by atoms with E-state index in [1.165, 1.54) is 7.11 Å². The zero-order valence-electron chi connectivity index (χ0n) is 17.9. The van der Waals surface area contributed by atoms with E-state index >= 15 is 0 Å². The number of hydrogen-bond acceptors (Lipinski definition) is 7. The highest BCUT2D eigenvalue weighted by molar-refractivity contribution is 14.1. The van der Waals surface area contributed by atoms with Gasteiger partial charge in [-0.1, -0.05) is 30.3 Å². The van der Waals surface area contributed by atoms with Crippen LogP contribution in [0.4, 0.5) is 0 Å². The molecule has 8 heteroatoms. The average Bonchev–Trinajstić information content (AvgIpc) is 2.77. The van der Waals surface area contributed by atoms with Crippen LogP contribution in [0.25, 0.3) is 0 Å². The molecule has 0 spiro atoms. The van der Waals surface area contributed by atoms with Crippen LogP contribution in [-0.4, -0.2) is 53.3 Å². The average molecular weight is 544 g/mol. The number of aliphatic hydroxyl groups is 2. The zero-order valence-corrected chi connectivity index (χ0v) is 20.1. The van der Waals surface area contributed by atoms with Crippen LogP contribution < -0.4 is 9.47 Å². The molecule has 2 N–H and O–H groups in total. The number of aryl methyl sites for hydroxylation is 1. The van der Waals surface area contributed by atoms with Gasteiger partial charge in [0.2, 0.25) is 3.79 Å². The molecular formula is C23H29IO7. The maximum Gasteiger partial charge on any atom is 0.226 e. The fraction of sp³-hybridized carbons (Fsp3) is 0.435. The van der Waals surface area contributed by atoms with E-state index in [0.717, 1.165) is 11.1 Å². The monoisotopic (exact) mass is 544 g/mol. The van der Waals surface area contributed by atoms with Gasteiger partial charge in [0.15, 0.2) is 6.29 Å². The molecule has 1 aliphatic rings. The van der Waals surface area contributed by atoms with Crippen molar-refractivity contribution in [1.29, 1.82) is 0 Å². The number of benzene rings is 2. The molecule has 3 atom stereocenters. The molecular weight excluding hydrogens is 515 g/mol. The van der Waals surface area contributed by atoms with E-state index in [9.17, 15) is 9.90 Å². The number of hydrogen-bond donors (Lipinski definition) is 2. The van der Waals surface area contributed by atoms with Gasteiger partial charge in [-0.05, 0) is 24.1 Å². The largest absolute Gasteiger partial charge is 0.496 e. The summed E-state index contributed by atoms with van der Waals surface area (Å²) >= 11 is 1.77. The van der Waals surface area contributed by atoms with Crippen LogP contribution in [0.15, 0.2) is 42.5 Å². The maximum atomic E-state index is 11.6. The Kier molecular flexibility index (Phi) is 10.7. The van der Waals surface area contributed by atoms with E-state index in [2.05, 4.69) is 0 Å². The quantitative estimate of drug-likeness (QED) is 0.406. The second-order valence-electron chi connectivity index (χ2n) is 7.10. The Balaban J connectivity index is 0.000000262. The fourth-order valence-corrected chi connectivity index (χ4v) is 3.87. The maximum absolute atomic E-state index is 11.6. The Labute approximate surface area is 196 Å². The van der Waals surface area contributed by atoms with Crippen LogP contribution in [-0.2, 0) is 16.1 Å². The summed E-state index contributed by atoms with van der Waals surface area (Å²) in [5.41, 5.74) is 2.55. The summed E-state index contributed by atoms with van der Waals surface area (Å²) in [6.07, 6.45) is -0.0611. The molecule has 0 bridgehead atoms. The molecule has 2 aromatic carbocycles. The molecule has 0 radical (unpaired) electrons. The van der Waals surface area contributed by atoms with Crippen molar-refractivity contribution >= 4 is 26.4 Å². The van der Waals surface area contributed by atoms with Crippen LogP contribution in [0.3, 0.4) is 0 Å². The lowest BCUT2D eigenvalue weighted by Gasteiger charge is -2.30. The van der Waals surface area contributed by atoms with Crippen molar-refractivity contribution in [3.8, 4) is 11.5 Å². The molecule has 1 fully saturated rings. The molecule has 170 valence electrons. The molecule has 0 aromatic heterocycles. The van der Waals surface area contributed by atoms with E-state index in [0.29, 0.717) is 36.5 Å². The van der Waals surface area contributed by atoms with Gasteiger partial charge in [0.05, 0.1) is 31.5 Å². The first-order chi connectivity index (χ1) is 14.9. The summed E-state index contributed by atoms with van der Waals surface area (Å²) in [5, 5.41) is 18.0. The van der Waals surface area contributed by atoms with Crippen molar-refractivity contribution < 1.29 is 34.0 Å². The van der Waals surface area contributed by atoms with E-state index < -0.39 is 6.10 Å². The highest BCUT2D eigenvalue weighted by Crippen LogP contribution is 2.30. The van der Waals surface area contributed by atoms with Crippen LogP contribution in [0.2, 0.25) is 0 Å². The minimum Gasteiger partial charge on any atom is -0.496 e. The summed E-state index contributed by atoms with van der Waals surface area (Å²) in [6.45, 7) is 2.31. The number of carbonyl (C=O) groups excluding carboxylic acids is 1. The number of rotatable bonds is 7. The molecule has 3 unspecified atom stereocenters. The predicted octanol–water partition coefficient (Wildman–Crippen LogP) is 3.65. The third-order valence-electron chi connectivity index (χ3n) is 4.75. The SMILES string of the molecule is COC1CC(O)CC(CO)O1.COc1cc(OCc2ccccc2)cc(C)c1C(=O)I. The molecule has 31 heavy (non-hydrogen) atoms. The molecule has 7 nitrogen and oxygen atoms in total. The highest BCUT2D eigenvalue weighted by atomic mass is 127. The lowest BCUT2D eigenvalue weighted by molar-refractivity contribution is -0.210. The van der Waals surface area contributed by atoms with Gasteiger partial charge in [-0.15, -0.1) is 0 Å². The first-order valence-corrected chi connectivity index (χ1v) is 11.0. The summed E-state index contributed by atoms with van der Waals surface area (Å²) in [6, 6.07) is 13.5. The third-order valence-corrected chi connectivity index (χ3v) is 5.29. The summed E-state index contributed by atoms with van der Waals surface area (Å²) < 4.78 is 21.1. The lowest BCUT2D eigenvalue weighted by Crippen LogP contribution is -2.38. The molecule has 1 aliphatic heterocycles. The van der Waals surface area contributed by atoms with Gasteiger partial charge in [0.25, 0.3) is 0 Å². The van der Waals surface area contributed by atoms with Crippen molar-refractivity contribution in [1.82, 2.24) is 0 Å². The minimum absolute atomic E-state index is 0.0356. The fourth-order valence-electron chi connectivity index (χ4n) is 3.18. The van der Waals surface area contributed by atoms with E-state index in [-0.39, 0.29) is 22.8 Å². The normalized spacial score (nSPS) is 20.4. The van der Waals surface area contributed by atoms with Gasteiger partial charge in [-0.25, -0.2) is 0 Å². The first-order valence-electron chi connectivity index (χ1n) is 9.90. The number of halogens is 1. The van der Waals surface area contributed by atoms with Crippen LogP contribution in [0.5, 0.6) is 11.5 Å². The zero-order chi connectivity index (χ0) is 22.8. The molecule has 1 saturated heterocycles. The van der Waals surface area contributed by atoms with Gasteiger partial charge in [-0.2, -0.15) is 0 Å². The Morgan fingerprint density at radius 2 is 1.90 bits per heavy atom. The van der Waals surface area contributed by atoms with Gasteiger partial charge in [0.1, 0.15) is 18.1 Å². The Morgan fingerprint density at radius 1 is 1.19 bits per heavy atom. The molecule has 0 saturated carbocycles. The second-order valence-corrected chi connectivity index (χ2v) is 8.08. The number of ether oxygens (including phenoxy) is 4. The number of aliphatic hydroxyl groups excluding tert-OH is 2. The first kappa shape index (κ1) is 25.5. The molecule has 0 amide bonds. The van der Waals surface area contributed by atoms with Gasteiger partial charge < -0.3 is 29.2 Å². The van der Waals surface area contributed by atoms with Crippen LogP contribution in [0, 0.1) is 6.92 Å². The van der Waals surface area contributed by atoms with Crippen molar-refractivity contribution in [2.45, 2.75) is 44.9 Å².